The van der Waals surface area contributed by atoms with E-state index in [4.69, 9.17) is 5.73 Å². The standard InChI is InChI=1S/C10H11BrN4/c1-15-3-2-9(14-15)10(12)7-4-8(11)6-13-5-7/h2-6,10H,12H2,1H3. The van der Waals surface area contributed by atoms with E-state index in [9.17, 15) is 0 Å². The third-order valence-electron chi connectivity index (χ3n) is 2.14. The van der Waals surface area contributed by atoms with Crippen LogP contribution < -0.4 is 5.73 Å². The van der Waals surface area contributed by atoms with Crippen LogP contribution in [-0.2, 0) is 7.05 Å². The zero-order valence-corrected chi connectivity index (χ0v) is 9.85. The van der Waals surface area contributed by atoms with Crippen LogP contribution in [0.15, 0.2) is 35.2 Å². The maximum atomic E-state index is 6.06. The molecule has 2 aromatic heterocycles. The molecule has 1 unspecified atom stereocenters. The third kappa shape index (κ3) is 2.24. The van der Waals surface area contributed by atoms with Crippen molar-refractivity contribution in [3.63, 3.8) is 0 Å². The van der Waals surface area contributed by atoms with Crippen LogP contribution in [0.3, 0.4) is 0 Å². The summed E-state index contributed by atoms with van der Waals surface area (Å²) in [5, 5.41) is 4.27. The lowest BCUT2D eigenvalue weighted by molar-refractivity contribution is 0.714. The summed E-state index contributed by atoms with van der Waals surface area (Å²) in [6, 6.07) is 3.63. The van der Waals surface area contributed by atoms with E-state index in [2.05, 4.69) is 26.0 Å². The predicted molar refractivity (Wildman–Crippen MR) is 61.2 cm³/mol. The van der Waals surface area contributed by atoms with Crippen molar-refractivity contribution < 1.29 is 0 Å². The Morgan fingerprint density at radius 2 is 2.27 bits per heavy atom. The van der Waals surface area contributed by atoms with E-state index in [0.717, 1.165) is 15.7 Å². The maximum Gasteiger partial charge on any atom is 0.0837 e. The van der Waals surface area contributed by atoms with Gasteiger partial charge >= 0.3 is 0 Å². The van der Waals surface area contributed by atoms with Crippen LogP contribution in [0.4, 0.5) is 0 Å². The molecule has 2 rings (SSSR count). The second-order valence-corrected chi connectivity index (χ2v) is 4.24. The lowest BCUT2D eigenvalue weighted by Gasteiger charge is -2.08. The van der Waals surface area contributed by atoms with Crippen LogP contribution in [0.1, 0.15) is 17.3 Å². The molecule has 0 aliphatic rings. The van der Waals surface area contributed by atoms with Gasteiger partial charge in [-0.15, -0.1) is 0 Å². The maximum absolute atomic E-state index is 6.06. The Labute approximate surface area is 96.3 Å². The van der Waals surface area contributed by atoms with Gasteiger partial charge in [0.05, 0.1) is 11.7 Å². The summed E-state index contributed by atoms with van der Waals surface area (Å²) in [5.41, 5.74) is 7.85. The molecule has 0 saturated carbocycles. The first kappa shape index (κ1) is 10.3. The van der Waals surface area contributed by atoms with Crippen LogP contribution in [0.2, 0.25) is 0 Å². The molecule has 2 heterocycles. The molecule has 2 aromatic rings. The number of pyridine rings is 1. The van der Waals surface area contributed by atoms with E-state index < -0.39 is 0 Å². The monoisotopic (exact) mass is 266 g/mol. The van der Waals surface area contributed by atoms with E-state index in [1.807, 2.05) is 25.4 Å². The Hall–Kier alpha value is -1.20. The first-order valence-corrected chi connectivity index (χ1v) is 5.31. The minimum atomic E-state index is -0.226. The van der Waals surface area contributed by atoms with Gasteiger partial charge in [-0.25, -0.2) is 0 Å². The van der Waals surface area contributed by atoms with Crippen molar-refractivity contribution in [3.8, 4) is 0 Å². The lowest BCUT2D eigenvalue weighted by Crippen LogP contribution is -2.13. The first-order chi connectivity index (χ1) is 7.16. The number of aryl methyl sites for hydroxylation is 1. The van der Waals surface area contributed by atoms with Gasteiger partial charge < -0.3 is 5.73 Å². The minimum Gasteiger partial charge on any atom is -0.319 e. The van der Waals surface area contributed by atoms with Crippen molar-refractivity contribution in [2.24, 2.45) is 12.8 Å². The Kier molecular flexibility index (Phi) is 2.83. The molecule has 78 valence electrons. The summed E-state index contributed by atoms with van der Waals surface area (Å²) in [7, 11) is 1.87. The fraction of sp³-hybridized carbons (Fsp3) is 0.200. The van der Waals surface area contributed by atoms with Crippen molar-refractivity contribution in [1.29, 1.82) is 0 Å². The zero-order valence-electron chi connectivity index (χ0n) is 8.26. The van der Waals surface area contributed by atoms with E-state index in [0.29, 0.717) is 0 Å². The first-order valence-electron chi connectivity index (χ1n) is 4.52. The highest BCUT2D eigenvalue weighted by Crippen LogP contribution is 2.19. The third-order valence-corrected chi connectivity index (χ3v) is 2.57. The topological polar surface area (TPSA) is 56.7 Å². The number of nitrogens with two attached hydrogens (primary N) is 1. The summed E-state index contributed by atoms with van der Waals surface area (Å²) in [6.45, 7) is 0. The Balaban J connectivity index is 2.32. The molecule has 1 atom stereocenters. The number of hydrogen-bond acceptors (Lipinski definition) is 3. The smallest absolute Gasteiger partial charge is 0.0837 e. The molecule has 5 heteroatoms. The second kappa shape index (κ2) is 4.12. The number of nitrogens with zero attached hydrogens (tertiary/aromatic N) is 3. The number of halogens is 1. The summed E-state index contributed by atoms with van der Waals surface area (Å²) < 4.78 is 2.66. The van der Waals surface area contributed by atoms with Gasteiger partial charge in [0, 0.05) is 30.1 Å². The van der Waals surface area contributed by atoms with Gasteiger partial charge in [-0.3, -0.25) is 9.67 Å². The molecule has 2 N–H and O–H groups in total. The van der Waals surface area contributed by atoms with Crippen molar-refractivity contribution in [2.75, 3.05) is 0 Å². The van der Waals surface area contributed by atoms with Crippen LogP contribution in [0.5, 0.6) is 0 Å². The van der Waals surface area contributed by atoms with E-state index >= 15 is 0 Å². The molecule has 4 nitrogen and oxygen atoms in total. The average molecular weight is 267 g/mol. The van der Waals surface area contributed by atoms with E-state index in [1.54, 1.807) is 17.1 Å². The molecule has 0 fully saturated rings. The van der Waals surface area contributed by atoms with Crippen LogP contribution >= 0.6 is 15.9 Å². The highest BCUT2D eigenvalue weighted by atomic mass is 79.9. The van der Waals surface area contributed by atoms with Crippen molar-refractivity contribution in [3.05, 3.63) is 46.5 Å². The molecule has 0 radical (unpaired) electrons. The van der Waals surface area contributed by atoms with Gasteiger partial charge in [-0.05, 0) is 33.6 Å². The predicted octanol–water partition coefficient (Wildman–Crippen LogP) is 1.63. The molecule has 0 aromatic carbocycles. The Morgan fingerprint density at radius 1 is 1.47 bits per heavy atom. The Morgan fingerprint density at radius 3 is 2.87 bits per heavy atom. The van der Waals surface area contributed by atoms with E-state index in [1.165, 1.54) is 0 Å². The highest BCUT2D eigenvalue weighted by molar-refractivity contribution is 9.10. The summed E-state index contributed by atoms with van der Waals surface area (Å²) in [4.78, 5) is 4.08. The zero-order chi connectivity index (χ0) is 10.8. The van der Waals surface area contributed by atoms with Crippen molar-refractivity contribution >= 4 is 15.9 Å². The quantitative estimate of drug-likeness (QED) is 0.899. The molecular formula is C10H11BrN4. The average Bonchev–Trinajstić information content (AvgIpc) is 2.64. The molecule has 15 heavy (non-hydrogen) atoms. The molecule has 0 spiro atoms. The van der Waals surface area contributed by atoms with Gasteiger partial charge in [-0.2, -0.15) is 5.10 Å². The fourth-order valence-electron chi connectivity index (χ4n) is 1.37. The van der Waals surface area contributed by atoms with Crippen molar-refractivity contribution in [1.82, 2.24) is 14.8 Å². The largest absolute Gasteiger partial charge is 0.319 e. The van der Waals surface area contributed by atoms with Gasteiger partial charge in [0.25, 0.3) is 0 Å². The van der Waals surface area contributed by atoms with Gasteiger partial charge in [0.15, 0.2) is 0 Å². The van der Waals surface area contributed by atoms with Gasteiger partial charge in [-0.1, -0.05) is 0 Å². The molecule has 0 bridgehead atoms. The molecule has 0 aliphatic heterocycles. The number of hydrogen-bond donors (Lipinski definition) is 1. The second-order valence-electron chi connectivity index (χ2n) is 3.33. The van der Waals surface area contributed by atoms with Gasteiger partial charge in [0.2, 0.25) is 0 Å². The van der Waals surface area contributed by atoms with Crippen LogP contribution in [-0.4, -0.2) is 14.8 Å². The molecule has 0 aliphatic carbocycles. The van der Waals surface area contributed by atoms with E-state index in [-0.39, 0.29) is 6.04 Å². The fourth-order valence-corrected chi connectivity index (χ4v) is 1.75. The number of rotatable bonds is 2. The summed E-state index contributed by atoms with van der Waals surface area (Å²) >= 11 is 3.36. The normalized spacial score (nSPS) is 12.7. The molecular weight excluding hydrogens is 256 g/mol. The van der Waals surface area contributed by atoms with Gasteiger partial charge in [0.1, 0.15) is 0 Å². The molecule has 0 amide bonds. The highest BCUT2D eigenvalue weighted by Gasteiger charge is 2.11. The summed E-state index contributed by atoms with van der Waals surface area (Å²) in [5.74, 6) is 0. The SMILES string of the molecule is Cn1ccc(C(N)c2cncc(Br)c2)n1. The Bertz CT molecular complexity index is 466. The van der Waals surface area contributed by atoms with Crippen LogP contribution in [0, 0.1) is 0 Å². The lowest BCUT2D eigenvalue weighted by atomic mass is 10.1. The van der Waals surface area contributed by atoms with Crippen molar-refractivity contribution in [2.45, 2.75) is 6.04 Å². The summed E-state index contributed by atoms with van der Waals surface area (Å²) in [6.07, 6.45) is 5.36. The molecule has 0 saturated heterocycles. The minimum absolute atomic E-state index is 0.226. The van der Waals surface area contributed by atoms with Crippen LogP contribution in [0.25, 0.3) is 0 Å². The number of aromatic nitrogens is 3.